The Kier molecular flexibility index (Phi) is 4.17. The van der Waals surface area contributed by atoms with Crippen molar-refractivity contribution in [3.05, 3.63) is 57.0 Å². The maximum absolute atomic E-state index is 13.6. The number of hydrogen-bond acceptors (Lipinski definition) is 2. The molecule has 0 aromatic heterocycles. The van der Waals surface area contributed by atoms with Gasteiger partial charge in [-0.1, -0.05) is 27.5 Å². The second kappa shape index (κ2) is 5.67. The number of carbonyl (C=O) groups excluding carboxylic acids is 1. The monoisotopic (exact) mass is 346 g/mol. The van der Waals surface area contributed by atoms with Crippen LogP contribution in [0.3, 0.4) is 0 Å². The number of ether oxygens (including phenoxy) is 1. The van der Waals surface area contributed by atoms with Crippen molar-refractivity contribution in [2.45, 2.75) is 0 Å². The highest BCUT2D eigenvalue weighted by atomic mass is 79.9. The van der Waals surface area contributed by atoms with Gasteiger partial charge in [0.05, 0.1) is 5.56 Å². The lowest BCUT2D eigenvalue weighted by molar-refractivity contribution is 0.112. The van der Waals surface area contributed by atoms with Crippen LogP contribution in [0, 0.1) is 11.6 Å². The lowest BCUT2D eigenvalue weighted by atomic mass is 10.2. The Morgan fingerprint density at radius 1 is 1.16 bits per heavy atom. The largest absolute Gasteiger partial charge is 0.453 e. The van der Waals surface area contributed by atoms with Gasteiger partial charge in [0.2, 0.25) is 5.82 Å². The van der Waals surface area contributed by atoms with Crippen molar-refractivity contribution in [1.82, 2.24) is 0 Å². The van der Waals surface area contributed by atoms with Crippen LogP contribution in [0.2, 0.25) is 5.02 Å². The first-order valence-electron chi connectivity index (χ1n) is 5.08. The van der Waals surface area contributed by atoms with Gasteiger partial charge in [-0.25, -0.2) is 4.39 Å². The topological polar surface area (TPSA) is 26.3 Å². The fraction of sp³-hybridized carbons (Fsp3) is 0. The SMILES string of the molecule is O=Cc1ccc(Cl)cc1Oc1cc(Br)cc(F)c1F. The van der Waals surface area contributed by atoms with Crippen molar-refractivity contribution >= 4 is 33.8 Å². The third-order valence-electron chi connectivity index (χ3n) is 2.28. The van der Waals surface area contributed by atoms with E-state index in [9.17, 15) is 13.6 Å². The number of halogens is 4. The molecule has 0 heterocycles. The Labute approximate surface area is 121 Å². The summed E-state index contributed by atoms with van der Waals surface area (Å²) < 4.78 is 32.3. The van der Waals surface area contributed by atoms with Gasteiger partial charge >= 0.3 is 0 Å². The standard InChI is InChI=1S/C13H6BrClF2O2/c14-8-3-10(16)13(17)12(4-8)19-11-5-9(15)2-1-7(11)6-18/h1-6H. The predicted molar refractivity (Wildman–Crippen MR) is 71.0 cm³/mol. The molecule has 0 N–H and O–H groups in total. The summed E-state index contributed by atoms with van der Waals surface area (Å²) in [5.74, 6) is -2.48. The average Bonchev–Trinajstić information content (AvgIpc) is 2.35. The molecule has 0 saturated carbocycles. The number of carbonyl (C=O) groups is 1. The Hall–Kier alpha value is -1.46. The molecule has 0 spiro atoms. The van der Waals surface area contributed by atoms with Gasteiger partial charge in [-0.2, -0.15) is 4.39 Å². The maximum Gasteiger partial charge on any atom is 0.201 e. The van der Waals surface area contributed by atoms with Crippen LogP contribution in [-0.4, -0.2) is 6.29 Å². The fourth-order valence-electron chi connectivity index (χ4n) is 1.42. The summed E-state index contributed by atoms with van der Waals surface area (Å²) in [4.78, 5) is 10.8. The predicted octanol–water partition coefficient (Wildman–Crippen LogP) is 4.99. The van der Waals surface area contributed by atoms with E-state index in [0.29, 0.717) is 15.8 Å². The number of hydrogen-bond donors (Lipinski definition) is 0. The van der Waals surface area contributed by atoms with Crippen LogP contribution in [0.15, 0.2) is 34.8 Å². The zero-order valence-corrected chi connectivity index (χ0v) is 11.6. The second-order valence-corrected chi connectivity index (χ2v) is 4.95. The molecule has 0 unspecified atom stereocenters. The molecule has 2 nitrogen and oxygen atoms in total. The van der Waals surface area contributed by atoms with Crippen LogP contribution in [0.4, 0.5) is 8.78 Å². The third-order valence-corrected chi connectivity index (χ3v) is 2.98. The Morgan fingerprint density at radius 3 is 2.58 bits per heavy atom. The lowest BCUT2D eigenvalue weighted by Gasteiger charge is -2.10. The molecular weight excluding hydrogens is 341 g/mol. The molecule has 0 aliphatic rings. The maximum atomic E-state index is 13.6. The van der Waals surface area contributed by atoms with Crippen LogP contribution >= 0.6 is 27.5 Å². The summed E-state index contributed by atoms with van der Waals surface area (Å²) in [6.07, 6.45) is 0.540. The minimum Gasteiger partial charge on any atom is -0.453 e. The molecule has 6 heteroatoms. The number of benzene rings is 2. The minimum absolute atomic E-state index is 0.0545. The van der Waals surface area contributed by atoms with E-state index >= 15 is 0 Å². The molecule has 19 heavy (non-hydrogen) atoms. The molecule has 0 amide bonds. The highest BCUT2D eigenvalue weighted by Gasteiger charge is 2.14. The van der Waals surface area contributed by atoms with E-state index in [4.69, 9.17) is 16.3 Å². The average molecular weight is 348 g/mol. The van der Waals surface area contributed by atoms with E-state index in [2.05, 4.69) is 15.9 Å². The van der Waals surface area contributed by atoms with E-state index in [1.807, 2.05) is 0 Å². The summed E-state index contributed by atoms with van der Waals surface area (Å²) in [5.41, 5.74) is 0.184. The molecule has 2 rings (SSSR count). The lowest BCUT2D eigenvalue weighted by Crippen LogP contribution is -1.95. The quantitative estimate of drug-likeness (QED) is 0.578. The van der Waals surface area contributed by atoms with Crippen molar-refractivity contribution in [1.29, 1.82) is 0 Å². The van der Waals surface area contributed by atoms with Gasteiger partial charge < -0.3 is 4.74 Å². The van der Waals surface area contributed by atoms with E-state index in [1.165, 1.54) is 24.3 Å². The number of aldehydes is 1. The molecule has 0 aliphatic heterocycles. The van der Waals surface area contributed by atoms with E-state index < -0.39 is 11.6 Å². The molecule has 2 aromatic carbocycles. The van der Waals surface area contributed by atoms with Gasteiger partial charge in [0.25, 0.3) is 0 Å². The first-order chi connectivity index (χ1) is 9.01. The van der Waals surface area contributed by atoms with Crippen molar-refractivity contribution < 1.29 is 18.3 Å². The van der Waals surface area contributed by atoms with Gasteiger partial charge in [0.15, 0.2) is 17.9 Å². The summed E-state index contributed by atoms with van der Waals surface area (Å²) >= 11 is 8.80. The molecule has 0 radical (unpaired) electrons. The zero-order valence-electron chi connectivity index (χ0n) is 9.29. The third kappa shape index (κ3) is 3.11. The molecular formula is C13H6BrClF2O2. The van der Waals surface area contributed by atoms with Gasteiger partial charge in [0, 0.05) is 15.6 Å². The van der Waals surface area contributed by atoms with Crippen molar-refractivity contribution in [3.63, 3.8) is 0 Å². The highest BCUT2D eigenvalue weighted by Crippen LogP contribution is 2.32. The highest BCUT2D eigenvalue weighted by molar-refractivity contribution is 9.10. The normalized spacial score (nSPS) is 10.3. The Balaban J connectivity index is 2.46. The molecule has 98 valence electrons. The van der Waals surface area contributed by atoms with Gasteiger partial charge in [-0.15, -0.1) is 0 Å². The second-order valence-electron chi connectivity index (χ2n) is 3.60. The van der Waals surface area contributed by atoms with Crippen molar-refractivity contribution in [2.75, 3.05) is 0 Å². The van der Waals surface area contributed by atoms with E-state index in [1.54, 1.807) is 0 Å². The van der Waals surface area contributed by atoms with Gasteiger partial charge in [-0.05, 0) is 24.3 Å². The van der Waals surface area contributed by atoms with Crippen LogP contribution in [0.5, 0.6) is 11.5 Å². The smallest absolute Gasteiger partial charge is 0.201 e. The molecule has 2 aromatic rings. The van der Waals surface area contributed by atoms with E-state index in [-0.39, 0.29) is 17.1 Å². The number of rotatable bonds is 3. The van der Waals surface area contributed by atoms with Crippen LogP contribution in [0.25, 0.3) is 0 Å². The molecule has 0 saturated heterocycles. The first kappa shape index (κ1) is 14.0. The first-order valence-corrected chi connectivity index (χ1v) is 6.25. The van der Waals surface area contributed by atoms with Gasteiger partial charge in [-0.3, -0.25) is 4.79 Å². The summed E-state index contributed by atoms with van der Waals surface area (Å²) in [6.45, 7) is 0. The molecule has 0 fully saturated rings. The molecule has 0 atom stereocenters. The van der Waals surface area contributed by atoms with Crippen LogP contribution in [-0.2, 0) is 0 Å². The van der Waals surface area contributed by atoms with Crippen LogP contribution < -0.4 is 4.74 Å². The van der Waals surface area contributed by atoms with Gasteiger partial charge in [0.1, 0.15) is 5.75 Å². The Morgan fingerprint density at radius 2 is 1.89 bits per heavy atom. The van der Waals surface area contributed by atoms with Crippen molar-refractivity contribution in [3.8, 4) is 11.5 Å². The Bertz CT molecular complexity index is 647. The van der Waals surface area contributed by atoms with Crippen molar-refractivity contribution in [2.24, 2.45) is 0 Å². The minimum atomic E-state index is -1.14. The molecule has 0 bridgehead atoms. The van der Waals surface area contributed by atoms with E-state index in [0.717, 1.165) is 6.07 Å². The van der Waals surface area contributed by atoms with Crippen LogP contribution in [0.1, 0.15) is 10.4 Å². The zero-order chi connectivity index (χ0) is 14.0. The summed E-state index contributed by atoms with van der Waals surface area (Å²) in [5, 5.41) is 0.316. The summed E-state index contributed by atoms with van der Waals surface area (Å²) in [6, 6.07) is 6.51. The summed E-state index contributed by atoms with van der Waals surface area (Å²) in [7, 11) is 0. The molecule has 0 aliphatic carbocycles. The fourth-order valence-corrected chi connectivity index (χ4v) is 1.99.